The predicted molar refractivity (Wildman–Crippen MR) is 68.8 cm³/mol. The summed E-state index contributed by atoms with van der Waals surface area (Å²) < 4.78 is 5.34. The summed E-state index contributed by atoms with van der Waals surface area (Å²) in [4.78, 5) is 7.05. The highest BCUT2D eigenvalue weighted by molar-refractivity contribution is 8.32. The molecule has 0 amide bonds. The second-order valence-corrected chi connectivity index (χ2v) is 9.33. The maximum atomic E-state index is 5.34. The first-order valence-corrected chi connectivity index (χ1v) is 8.78. The maximum absolute atomic E-state index is 5.34. The molecule has 5 heteroatoms. The second kappa shape index (κ2) is 4.31. The fourth-order valence-corrected chi connectivity index (χ4v) is 3.89. The molecule has 2 heterocycles. The SMILES string of the molecule is CS(C)(C)c1csc(N2CCOCC2)n1. The van der Waals surface area contributed by atoms with Gasteiger partial charge in [-0.15, -0.1) is 11.3 Å². The maximum Gasteiger partial charge on any atom is 0.186 e. The van der Waals surface area contributed by atoms with E-state index in [-0.39, 0.29) is 0 Å². The van der Waals surface area contributed by atoms with Crippen molar-refractivity contribution >= 4 is 26.5 Å². The van der Waals surface area contributed by atoms with Crippen LogP contribution in [0.5, 0.6) is 0 Å². The Morgan fingerprint density at radius 3 is 2.53 bits per heavy atom. The monoisotopic (exact) mass is 246 g/mol. The van der Waals surface area contributed by atoms with E-state index in [0.29, 0.717) is 0 Å². The molecule has 0 atom stereocenters. The number of rotatable bonds is 2. The van der Waals surface area contributed by atoms with E-state index in [2.05, 4.69) is 29.0 Å². The smallest absolute Gasteiger partial charge is 0.186 e. The molecule has 0 saturated carbocycles. The van der Waals surface area contributed by atoms with Crippen molar-refractivity contribution in [2.45, 2.75) is 5.03 Å². The van der Waals surface area contributed by atoms with Crippen molar-refractivity contribution < 1.29 is 4.74 Å². The molecular weight excluding hydrogens is 228 g/mol. The highest BCUT2D eigenvalue weighted by atomic mass is 32.3. The molecule has 86 valence electrons. The van der Waals surface area contributed by atoms with Crippen molar-refractivity contribution in [2.24, 2.45) is 0 Å². The molecule has 0 aliphatic carbocycles. The minimum atomic E-state index is -0.679. The molecule has 0 unspecified atom stereocenters. The molecule has 1 fully saturated rings. The third-order valence-corrected chi connectivity index (χ3v) is 4.89. The van der Waals surface area contributed by atoms with E-state index in [4.69, 9.17) is 9.72 Å². The van der Waals surface area contributed by atoms with Gasteiger partial charge in [-0.1, -0.05) is 0 Å². The number of ether oxygens (including phenoxy) is 1. The van der Waals surface area contributed by atoms with Crippen LogP contribution in [0, 0.1) is 0 Å². The molecule has 1 aromatic heterocycles. The van der Waals surface area contributed by atoms with E-state index < -0.39 is 10.0 Å². The van der Waals surface area contributed by atoms with E-state index in [1.807, 2.05) is 0 Å². The lowest BCUT2D eigenvalue weighted by Gasteiger charge is -2.26. The molecule has 0 radical (unpaired) electrons. The zero-order valence-corrected chi connectivity index (χ0v) is 11.2. The van der Waals surface area contributed by atoms with Crippen LogP contribution in [0.1, 0.15) is 0 Å². The Bertz CT molecular complexity index is 326. The van der Waals surface area contributed by atoms with E-state index in [0.717, 1.165) is 31.4 Å². The van der Waals surface area contributed by atoms with Gasteiger partial charge in [-0.2, -0.15) is 0 Å². The molecule has 0 bridgehead atoms. The average Bonchev–Trinajstić information content (AvgIpc) is 2.67. The van der Waals surface area contributed by atoms with Crippen LogP contribution < -0.4 is 4.90 Å². The zero-order chi connectivity index (χ0) is 10.9. The van der Waals surface area contributed by atoms with Gasteiger partial charge in [0.25, 0.3) is 0 Å². The molecule has 1 saturated heterocycles. The van der Waals surface area contributed by atoms with Crippen molar-refractivity contribution in [2.75, 3.05) is 50.0 Å². The first-order valence-electron chi connectivity index (χ1n) is 5.04. The van der Waals surface area contributed by atoms with Gasteiger partial charge in [-0.05, 0) is 18.8 Å². The molecule has 3 nitrogen and oxygen atoms in total. The van der Waals surface area contributed by atoms with E-state index in [9.17, 15) is 0 Å². The molecule has 0 aromatic carbocycles. The number of morpholine rings is 1. The van der Waals surface area contributed by atoms with Crippen LogP contribution in [0.15, 0.2) is 10.4 Å². The Balaban J connectivity index is 2.12. The summed E-state index contributed by atoms with van der Waals surface area (Å²) >= 11 is 1.76. The van der Waals surface area contributed by atoms with Crippen molar-refractivity contribution in [1.29, 1.82) is 0 Å². The van der Waals surface area contributed by atoms with Gasteiger partial charge in [0.15, 0.2) is 5.13 Å². The summed E-state index contributed by atoms with van der Waals surface area (Å²) in [5, 5.41) is 4.64. The lowest BCUT2D eigenvalue weighted by Crippen LogP contribution is -2.36. The summed E-state index contributed by atoms with van der Waals surface area (Å²) in [6.07, 6.45) is 6.85. The first kappa shape index (κ1) is 11.2. The Hall–Kier alpha value is -0.260. The van der Waals surface area contributed by atoms with Crippen molar-refractivity contribution in [3.63, 3.8) is 0 Å². The fraction of sp³-hybridized carbons (Fsp3) is 0.700. The number of thiazole rings is 1. The Morgan fingerprint density at radius 1 is 1.33 bits per heavy atom. The zero-order valence-electron chi connectivity index (χ0n) is 9.52. The molecule has 15 heavy (non-hydrogen) atoms. The normalized spacial score (nSPS) is 19.3. The summed E-state index contributed by atoms with van der Waals surface area (Å²) in [6.45, 7) is 3.62. The topological polar surface area (TPSA) is 25.4 Å². The Kier molecular flexibility index (Phi) is 3.23. The first-order chi connectivity index (χ1) is 7.07. The quantitative estimate of drug-likeness (QED) is 0.798. The van der Waals surface area contributed by atoms with Crippen LogP contribution in [0.2, 0.25) is 0 Å². The third-order valence-electron chi connectivity index (χ3n) is 2.38. The Morgan fingerprint density at radius 2 is 2.00 bits per heavy atom. The van der Waals surface area contributed by atoms with Gasteiger partial charge in [0.2, 0.25) is 0 Å². The summed E-state index contributed by atoms with van der Waals surface area (Å²) in [6, 6.07) is 0. The number of hydrogen-bond donors (Lipinski definition) is 0. The van der Waals surface area contributed by atoms with Gasteiger partial charge in [0, 0.05) is 18.5 Å². The molecule has 0 spiro atoms. The average molecular weight is 246 g/mol. The fourth-order valence-electron chi connectivity index (χ4n) is 1.43. The largest absolute Gasteiger partial charge is 0.378 e. The van der Waals surface area contributed by atoms with E-state index in [1.165, 1.54) is 5.03 Å². The van der Waals surface area contributed by atoms with Gasteiger partial charge in [-0.3, -0.25) is 0 Å². The number of hydrogen-bond acceptors (Lipinski definition) is 4. The summed E-state index contributed by atoms with van der Waals surface area (Å²) in [5.41, 5.74) is 0. The predicted octanol–water partition coefficient (Wildman–Crippen LogP) is 2.03. The van der Waals surface area contributed by atoms with E-state index >= 15 is 0 Å². The summed E-state index contributed by atoms with van der Waals surface area (Å²) in [5.74, 6) is 0. The minimum Gasteiger partial charge on any atom is -0.378 e. The van der Waals surface area contributed by atoms with Crippen LogP contribution in [-0.4, -0.2) is 50.1 Å². The van der Waals surface area contributed by atoms with Gasteiger partial charge in [0.1, 0.15) is 0 Å². The van der Waals surface area contributed by atoms with Gasteiger partial charge >= 0.3 is 0 Å². The molecule has 1 aliphatic rings. The van der Waals surface area contributed by atoms with Crippen LogP contribution in [0.3, 0.4) is 0 Å². The van der Waals surface area contributed by atoms with Crippen LogP contribution in [0.4, 0.5) is 5.13 Å². The Labute approximate surface area is 96.8 Å². The molecule has 0 N–H and O–H groups in total. The van der Waals surface area contributed by atoms with Gasteiger partial charge in [0.05, 0.1) is 18.2 Å². The van der Waals surface area contributed by atoms with Crippen molar-refractivity contribution in [1.82, 2.24) is 4.98 Å². The van der Waals surface area contributed by atoms with Crippen LogP contribution in [0.25, 0.3) is 0 Å². The minimum absolute atomic E-state index is 0.679. The van der Waals surface area contributed by atoms with Crippen LogP contribution >= 0.6 is 21.4 Å². The van der Waals surface area contributed by atoms with Gasteiger partial charge in [-0.25, -0.2) is 15.0 Å². The lowest BCUT2D eigenvalue weighted by molar-refractivity contribution is 0.122. The van der Waals surface area contributed by atoms with Gasteiger partial charge < -0.3 is 9.64 Å². The van der Waals surface area contributed by atoms with Crippen LogP contribution in [-0.2, 0) is 4.74 Å². The third kappa shape index (κ3) is 2.65. The highest BCUT2D eigenvalue weighted by Crippen LogP contribution is 2.46. The second-order valence-electron chi connectivity index (χ2n) is 4.40. The lowest BCUT2D eigenvalue weighted by atomic mass is 10.5. The van der Waals surface area contributed by atoms with Crippen molar-refractivity contribution in [3.8, 4) is 0 Å². The molecule has 1 aromatic rings. The molecule has 2 rings (SSSR count). The number of aromatic nitrogens is 1. The van der Waals surface area contributed by atoms with E-state index in [1.54, 1.807) is 11.3 Å². The summed E-state index contributed by atoms with van der Waals surface area (Å²) in [7, 11) is -0.679. The highest BCUT2D eigenvalue weighted by Gasteiger charge is 2.17. The standard InChI is InChI=1S/C10H18N2OS2/c1-15(2,3)9-8-14-10(11-9)12-4-6-13-7-5-12/h8H,4-7H2,1-3H3. The molecule has 1 aliphatic heterocycles. The van der Waals surface area contributed by atoms with Crippen molar-refractivity contribution in [3.05, 3.63) is 5.38 Å². The molecular formula is C10H18N2OS2. The number of nitrogens with zero attached hydrogens (tertiary/aromatic N) is 2. The number of anilines is 1.